The van der Waals surface area contributed by atoms with Crippen LogP contribution in [0.15, 0.2) is 41.2 Å². The average Bonchev–Trinajstić information content (AvgIpc) is 2.85. The smallest absolute Gasteiger partial charge is 0.258 e. The number of nitriles is 1. The number of amides is 1. The van der Waals surface area contributed by atoms with E-state index in [-0.39, 0.29) is 5.91 Å². The highest BCUT2D eigenvalue weighted by atomic mass is 35.5. The molecule has 0 aliphatic rings. The van der Waals surface area contributed by atoms with Gasteiger partial charge in [0.1, 0.15) is 12.3 Å². The Hall–Kier alpha value is -2.25. The second-order valence-corrected chi connectivity index (χ2v) is 3.68. The average molecular weight is 247 g/mol. The quantitative estimate of drug-likeness (QED) is 0.886. The Morgan fingerprint density at radius 2 is 2.24 bits per heavy atom. The predicted octanol–water partition coefficient (Wildman–Crippen LogP) is 3.06. The number of anilines is 1. The van der Waals surface area contributed by atoms with Crippen LogP contribution in [0.5, 0.6) is 0 Å². The van der Waals surface area contributed by atoms with Crippen molar-refractivity contribution in [2.75, 3.05) is 5.32 Å². The minimum absolute atomic E-state index is 0.301. The zero-order valence-corrected chi connectivity index (χ0v) is 9.36. The normalized spacial score (nSPS) is 9.65. The molecule has 2 rings (SSSR count). The van der Waals surface area contributed by atoms with Crippen molar-refractivity contribution in [2.24, 2.45) is 0 Å². The highest BCUT2D eigenvalue weighted by molar-refractivity contribution is 6.31. The minimum Gasteiger partial charge on any atom is -0.472 e. The van der Waals surface area contributed by atoms with Crippen molar-refractivity contribution in [3.8, 4) is 6.07 Å². The van der Waals surface area contributed by atoms with Crippen LogP contribution in [0, 0.1) is 11.3 Å². The Balaban J connectivity index is 2.20. The molecule has 84 valence electrons. The maximum atomic E-state index is 11.7. The molecular weight excluding hydrogens is 240 g/mol. The zero-order valence-electron chi connectivity index (χ0n) is 8.61. The van der Waals surface area contributed by atoms with E-state index in [1.807, 2.05) is 6.07 Å². The summed E-state index contributed by atoms with van der Waals surface area (Å²) in [5.74, 6) is -0.301. The van der Waals surface area contributed by atoms with E-state index in [9.17, 15) is 4.79 Å². The van der Waals surface area contributed by atoms with Gasteiger partial charge < -0.3 is 9.73 Å². The lowest BCUT2D eigenvalue weighted by Gasteiger charge is -2.04. The molecule has 0 unspecified atom stereocenters. The molecule has 0 spiro atoms. The van der Waals surface area contributed by atoms with E-state index in [1.165, 1.54) is 18.6 Å². The molecule has 0 saturated carbocycles. The fourth-order valence-corrected chi connectivity index (χ4v) is 1.45. The van der Waals surface area contributed by atoms with Crippen LogP contribution in [-0.2, 0) is 0 Å². The Morgan fingerprint density at radius 3 is 2.88 bits per heavy atom. The molecule has 4 nitrogen and oxygen atoms in total. The van der Waals surface area contributed by atoms with Gasteiger partial charge in [-0.1, -0.05) is 11.6 Å². The molecule has 5 heteroatoms. The maximum Gasteiger partial charge on any atom is 0.258 e. The molecule has 0 fully saturated rings. The second-order valence-electron chi connectivity index (χ2n) is 3.27. The van der Waals surface area contributed by atoms with Crippen LogP contribution < -0.4 is 5.32 Å². The molecule has 0 bridgehead atoms. The summed E-state index contributed by atoms with van der Waals surface area (Å²) in [5, 5.41) is 11.8. The van der Waals surface area contributed by atoms with Gasteiger partial charge in [0, 0.05) is 5.69 Å². The van der Waals surface area contributed by atoms with Gasteiger partial charge in [0.25, 0.3) is 5.91 Å². The van der Waals surface area contributed by atoms with Crippen LogP contribution in [0.2, 0.25) is 5.02 Å². The fraction of sp³-hybridized carbons (Fsp3) is 0. The van der Waals surface area contributed by atoms with Gasteiger partial charge in [-0.15, -0.1) is 0 Å². The zero-order chi connectivity index (χ0) is 12.3. The molecule has 2 aromatic rings. The summed E-state index contributed by atoms with van der Waals surface area (Å²) in [6.45, 7) is 0. The number of carbonyl (C=O) groups is 1. The number of rotatable bonds is 2. The van der Waals surface area contributed by atoms with Gasteiger partial charge in [-0.3, -0.25) is 4.79 Å². The third-order valence-corrected chi connectivity index (χ3v) is 2.46. The van der Waals surface area contributed by atoms with Crippen LogP contribution in [0.4, 0.5) is 5.69 Å². The van der Waals surface area contributed by atoms with Crippen LogP contribution >= 0.6 is 11.6 Å². The van der Waals surface area contributed by atoms with Gasteiger partial charge in [-0.25, -0.2) is 0 Å². The molecule has 0 radical (unpaired) electrons. The lowest BCUT2D eigenvalue weighted by molar-refractivity contribution is 0.102. The number of hydrogen-bond acceptors (Lipinski definition) is 3. The standard InChI is InChI=1S/C12H7ClN2O2/c13-11-2-1-10(5-9(11)6-14)15-12(16)8-3-4-17-7-8/h1-5,7H,(H,15,16). The van der Waals surface area contributed by atoms with Crippen LogP contribution in [0.25, 0.3) is 0 Å². The van der Waals surface area contributed by atoms with Gasteiger partial charge in [-0.05, 0) is 24.3 Å². The summed E-state index contributed by atoms with van der Waals surface area (Å²) in [4.78, 5) is 11.7. The monoisotopic (exact) mass is 246 g/mol. The summed E-state index contributed by atoms with van der Waals surface area (Å²) in [5.41, 5.74) is 1.24. The molecule has 1 aromatic heterocycles. The van der Waals surface area contributed by atoms with Crippen LogP contribution in [0.1, 0.15) is 15.9 Å². The van der Waals surface area contributed by atoms with E-state index >= 15 is 0 Å². The third kappa shape index (κ3) is 2.47. The Morgan fingerprint density at radius 1 is 1.41 bits per heavy atom. The molecular formula is C12H7ClN2O2. The minimum atomic E-state index is -0.301. The first-order chi connectivity index (χ1) is 8.20. The first-order valence-corrected chi connectivity index (χ1v) is 5.11. The second kappa shape index (κ2) is 4.73. The van der Waals surface area contributed by atoms with Crippen molar-refractivity contribution in [1.29, 1.82) is 5.26 Å². The van der Waals surface area contributed by atoms with Crippen molar-refractivity contribution < 1.29 is 9.21 Å². The highest BCUT2D eigenvalue weighted by Crippen LogP contribution is 2.20. The molecule has 1 N–H and O–H groups in total. The number of halogens is 1. The summed E-state index contributed by atoms with van der Waals surface area (Å²) in [6, 6.07) is 8.19. The number of benzene rings is 1. The van der Waals surface area contributed by atoms with E-state index in [1.54, 1.807) is 18.2 Å². The number of furan rings is 1. The van der Waals surface area contributed by atoms with Crippen molar-refractivity contribution in [3.63, 3.8) is 0 Å². The summed E-state index contributed by atoms with van der Waals surface area (Å²) in [7, 11) is 0. The Bertz CT molecular complexity index is 585. The lowest BCUT2D eigenvalue weighted by Crippen LogP contribution is -2.10. The lowest BCUT2D eigenvalue weighted by atomic mass is 10.2. The van der Waals surface area contributed by atoms with E-state index in [4.69, 9.17) is 21.3 Å². The first kappa shape index (κ1) is 11.2. The van der Waals surface area contributed by atoms with E-state index < -0.39 is 0 Å². The van der Waals surface area contributed by atoms with Crippen LogP contribution in [0.3, 0.4) is 0 Å². The molecule has 1 amide bonds. The fourth-order valence-electron chi connectivity index (χ4n) is 1.29. The van der Waals surface area contributed by atoms with E-state index in [2.05, 4.69) is 5.32 Å². The van der Waals surface area contributed by atoms with Gasteiger partial charge in [0.2, 0.25) is 0 Å². The van der Waals surface area contributed by atoms with Gasteiger partial charge in [0.15, 0.2) is 0 Å². The largest absolute Gasteiger partial charge is 0.472 e. The summed E-state index contributed by atoms with van der Waals surface area (Å²) >= 11 is 5.78. The molecule has 1 heterocycles. The summed E-state index contributed by atoms with van der Waals surface area (Å²) < 4.78 is 4.80. The van der Waals surface area contributed by atoms with Gasteiger partial charge >= 0.3 is 0 Å². The number of nitrogens with one attached hydrogen (secondary N) is 1. The van der Waals surface area contributed by atoms with Crippen molar-refractivity contribution in [1.82, 2.24) is 0 Å². The molecule has 17 heavy (non-hydrogen) atoms. The number of hydrogen-bond donors (Lipinski definition) is 1. The Kier molecular flexibility index (Phi) is 3.12. The topological polar surface area (TPSA) is 66.0 Å². The SMILES string of the molecule is N#Cc1cc(NC(=O)c2ccoc2)ccc1Cl. The van der Waals surface area contributed by atoms with Crippen molar-refractivity contribution in [3.05, 3.63) is 52.9 Å². The van der Waals surface area contributed by atoms with E-state index in [0.29, 0.717) is 21.8 Å². The number of nitrogens with zero attached hydrogens (tertiary/aromatic N) is 1. The predicted molar refractivity (Wildman–Crippen MR) is 62.8 cm³/mol. The number of carbonyl (C=O) groups excluding carboxylic acids is 1. The van der Waals surface area contributed by atoms with E-state index in [0.717, 1.165) is 0 Å². The highest BCUT2D eigenvalue weighted by Gasteiger charge is 2.08. The van der Waals surface area contributed by atoms with Crippen molar-refractivity contribution in [2.45, 2.75) is 0 Å². The molecule has 0 aliphatic carbocycles. The summed E-state index contributed by atoms with van der Waals surface area (Å²) in [6.07, 6.45) is 2.76. The Labute approximate surface area is 102 Å². The maximum absolute atomic E-state index is 11.7. The molecule has 0 atom stereocenters. The van der Waals surface area contributed by atoms with Crippen LogP contribution in [-0.4, -0.2) is 5.91 Å². The molecule has 0 aliphatic heterocycles. The third-order valence-electron chi connectivity index (χ3n) is 2.13. The molecule has 0 saturated heterocycles. The van der Waals surface area contributed by atoms with Gasteiger partial charge in [0.05, 0.1) is 22.4 Å². The van der Waals surface area contributed by atoms with Crippen molar-refractivity contribution >= 4 is 23.2 Å². The first-order valence-electron chi connectivity index (χ1n) is 4.74. The van der Waals surface area contributed by atoms with Gasteiger partial charge in [-0.2, -0.15) is 5.26 Å². The molecule has 1 aromatic carbocycles.